The third kappa shape index (κ3) is 5.12. The molecule has 1 saturated heterocycles. The van der Waals surface area contributed by atoms with Gasteiger partial charge >= 0.3 is 4.87 Å². The van der Waals surface area contributed by atoms with Crippen molar-refractivity contribution in [3.8, 4) is 11.5 Å². The number of hydrogen-bond donors (Lipinski definition) is 1. The average molecular weight is 616 g/mol. The van der Waals surface area contributed by atoms with Crippen LogP contribution in [0.3, 0.4) is 0 Å². The molecule has 6 rings (SSSR count). The van der Waals surface area contributed by atoms with Crippen LogP contribution < -0.4 is 24.6 Å². The predicted octanol–water partition coefficient (Wildman–Crippen LogP) is 4.98. The van der Waals surface area contributed by atoms with E-state index in [4.69, 9.17) is 9.47 Å². The van der Waals surface area contributed by atoms with Gasteiger partial charge in [-0.2, -0.15) is 0 Å². The van der Waals surface area contributed by atoms with Crippen molar-refractivity contribution in [2.75, 3.05) is 24.4 Å². The molecular weight excluding hydrogens is 587 g/mol. The van der Waals surface area contributed by atoms with Crippen molar-refractivity contribution in [3.63, 3.8) is 0 Å². The summed E-state index contributed by atoms with van der Waals surface area (Å²) < 4.78 is 12.4. The Morgan fingerprint density at radius 2 is 1.51 bits per heavy atom. The highest BCUT2D eigenvalue weighted by molar-refractivity contribution is 8.00. The van der Waals surface area contributed by atoms with Crippen LogP contribution in [-0.4, -0.2) is 41.8 Å². The Labute approximate surface area is 256 Å². The van der Waals surface area contributed by atoms with Crippen molar-refractivity contribution in [1.82, 2.24) is 4.57 Å². The zero-order chi connectivity index (χ0) is 30.4. The molecule has 3 amide bonds. The fraction of sp³-hybridized carbons (Fsp3) is 0.250. The van der Waals surface area contributed by atoms with E-state index in [1.54, 1.807) is 36.4 Å². The number of nitrogens with zero attached hydrogens (tertiary/aromatic N) is 2. The number of ether oxygens (including phenoxy) is 2. The van der Waals surface area contributed by atoms with Gasteiger partial charge in [-0.25, -0.2) is 4.90 Å². The molecule has 3 heterocycles. The lowest BCUT2D eigenvalue weighted by molar-refractivity contribution is -0.122. The highest BCUT2D eigenvalue weighted by Gasteiger charge is 2.57. The summed E-state index contributed by atoms with van der Waals surface area (Å²) in [4.78, 5) is 56.1. The topological polar surface area (TPSA) is 107 Å². The first-order chi connectivity index (χ1) is 20.7. The number of rotatable bonds is 7. The number of carbonyl (C=O) groups is 3. The Morgan fingerprint density at radius 1 is 0.860 bits per heavy atom. The zero-order valence-electron chi connectivity index (χ0n) is 24.0. The fourth-order valence-electron chi connectivity index (χ4n) is 5.59. The van der Waals surface area contributed by atoms with Gasteiger partial charge in [-0.3, -0.25) is 23.7 Å². The van der Waals surface area contributed by atoms with E-state index in [0.717, 1.165) is 22.5 Å². The number of anilines is 2. The van der Waals surface area contributed by atoms with Gasteiger partial charge in [0.15, 0.2) is 11.5 Å². The molecule has 11 heteroatoms. The van der Waals surface area contributed by atoms with Crippen LogP contribution in [0.1, 0.15) is 27.5 Å². The van der Waals surface area contributed by atoms with Crippen LogP contribution in [0, 0.1) is 19.8 Å². The Morgan fingerprint density at radius 3 is 2.16 bits per heavy atom. The fourth-order valence-corrected chi connectivity index (χ4v) is 8.36. The highest BCUT2D eigenvalue weighted by Crippen LogP contribution is 2.54. The monoisotopic (exact) mass is 615 g/mol. The summed E-state index contributed by atoms with van der Waals surface area (Å²) in [7, 11) is 3.06. The average Bonchev–Trinajstić information content (AvgIpc) is 3.44. The summed E-state index contributed by atoms with van der Waals surface area (Å²) in [6.07, 6.45) is 0. The number of nitrogens with one attached hydrogen (secondary N) is 1. The van der Waals surface area contributed by atoms with Crippen molar-refractivity contribution < 1.29 is 23.9 Å². The molecule has 2 aliphatic heterocycles. The zero-order valence-corrected chi connectivity index (χ0v) is 25.6. The van der Waals surface area contributed by atoms with Gasteiger partial charge in [0.05, 0.1) is 30.9 Å². The van der Waals surface area contributed by atoms with Crippen molar-refractivity contribution in [1.29, 1.82) is 0 Å². The number of aryl methyl sites for hydroxylation is 2. The normalized spacial score (nSPS) is 19.2. The Balaban J connectivity index is 1.43. The molecule has 2 aliphatic rings. The molecule has 0 aliphatic carbocycles. The summed E-state index contributed by atoms with van der Waals surface area (Å²) in [5.74, 6) is -1.46. The smallest absolute Gasteiger partial charge is 0.308 e. The van der Waals surface area contributed by atoms with Gasteiger partial charge < -0.3 is 14.8 Å². The van der Waals surface area contributed by atoms with Crippen molar-refractivity contribution in [2.45, 2.75) is 36.6 Å². The van der Waals surface area contributed by atoms with Crippen LogP contribution in [0.5, 0.6) is 11.5 Å². The van der Waals surface area contributed by atoms with Gasteiger partial charge in [-0.1, -0.05) is 64.6 Å². The summed E-state index contributed by atoms with van der Waals surface area (Å²) in [5.41, 5.74) is 3.89. The lowest BCUT2D eigenvalue weighted by atomic mass is 9.83. The largest absolute Gasteiger partial charge is 0.493 e. The third-order valence-corrected chi connectivity index (χ3v) is 10.3. The first-order valence-electron chi connectivity index (χ1n) is 13.6. The van der Waals surface area contributed by atoms with E-state index in [1.807, 2.05) is 44.2 Å². The molecule has 1 aromatic heterocycles. The number of methoxy groups -OCH3 is 2. The van der Waals surface area contributed by atoms with Gasteiger partial charge in [0.1, 0.15) is 11.8 Å². The van der Waals surface area contributed by atoms with Gasteiger partial charge in [-0.15, -0.1) is 0 Å². The van der Waals surface area contributed by atoms with Crippen LogP contribution in [0.25, 0.3) is 0 Å². The van der Waals surface area contributed by atoms with E-state index in [2.05, 4.69) is 5.32 Å². The van der Waals surface area contributed by atoms with Gasteiger partial charge in [-0.05, 0) is 55.8 Å². The molecule has 1 fully saturated rings. The Kier molecular flexibility index (Phi) is 7.61. The standard InChI is InChI=1S/C32H29N3O6S2/c1-17-5-10-20(11-6-17)33-24(36)16-34-31-28(43-32(34)39)25(19-9-14-22(40-3)23(15-19)41-4)26-27(42-31)30(38)35(29(26)37)21-12-7-18(2)8-13-21/h5-15,25-27H,16H2,1-4H3,(H,33,36)/t25-,26?,27?/m1/s1. The molecule has 0 saturated carbocycles. The minimum atomic E-state index is -0.792. The molecule has 0 bridgehead atoms. The molecule has 43 heavy (non-hydrogen) atoms. The summed E-state index contributed by atoms with van der Waals surface area (Å²) >= 11 is 2.18. The first-order valence-corrected chi connectivity index (χ1v) is 15.3. The number of aromatic nitrogens is 1. The molecule has 3 atom stereocenters. The number of hydrogen-bond acceptors (Lipinski definition) is 8. The summed E-state index contributed by atoms with van der Waals surface area (Å²) in [5, 5.41) is 2.57. The second-order valence-electron chi connectivity index (χ2n) is 10.5. The van der Waals surface area contributed by atoms with Crippen LogP contribution in [-0.2, 0) is 20.9 Å². The SMILES string of the molecule is COc1ccc([C@H]2c3sc(=O)n(CC(=O)Nc4ccc(C)cc4)c3SC3C(=O)N(c4ccc(C)cc4)C(=O)C32)cc1OC. The summed E-state index contributed by atoms with van der Waals surface area (Å²) in [6.45, 7) is 3.66. The summed E-state index contributed by atoms with van der Waals surface area (Å²) in [6, 6.07) is 20.0. The third-order valence-electron chi connectivity index (χ3n) is 7.75. The van der Waals surface area contributed by atoms with Crippen LogP contribution in [0.2, 0.25) is 0 Å². The van der Waals surface area contributed by atoms with Crippen molar-refractivity contribution in [3.05, 3.63) is 98.0 Å². The Hall–Kier alpha value is -4.35. The molecule has 220 valence electrons. The quantitative estimate of drug-likeness (QED) is 0.293. The number of imide groups is 1. The van der Waals surface area contributed by atoms with Gasteiger partial charge in [0, 0.05) is 16.5 Å². The van der Waals surface area contributed by atoms with E-state index in [9.17, 15) is 19.2 Å². The van der Waals surface area contributed by atoms with Crippen molar-refractivity contribution in [2.24, 2.45) is 5.92 Å². The lowest BCUT2D eigenvalue weighted by Crippen LogP contribution is -2.33. The van der Waals surface area contributed by atoms with Crippen LogP contribution in [0.4, 0.5) is 11.4 Å². The van der Waals surface area contributed by atoms with E-state index in [0.29, 0.717) is 38.3 Å². The number of amides is 3. The molecule has 9 nitrogen and oxygen atoms in total. The first kappa shape index (κ1) is 28.8. The van der Waals surface area contributed by atoms with E-state index >= 15 is 0 Å². The van der Waals surface area contributed by atoms with E-state index in [1.165, 1.54) is 35.4 Å². The second kappa shape index (κ2) is 11.4. The molecule has 1 N–H and O–H groups in total. The number of benzene rings is 3. The molecule has 0 radical (unpaired) electrons. The number of thiazole rings is 1. The maximum atomic E-state index is 14.1. The maximum absolute atomic E-state index is 14.1. The molecular formula is C32H29N3O6S2. The molecule has 2 unspecified atom stereocenters. The lowest BCUT2D eigenvalue weighted by Gasteiger charge is -2.31. The van der Waals surface area contributed by atoms with Crippen molar-refractivity contribution >= 4 is 52.2 Å². The second-order valence-corrected chi connectivity index (χ2v) is 12.7. The van der Waals surface area contributed by atoms with Gasteiger partial charge in [0.2, 0.25) is 17.7 Å². The number of fused-ring (bicyclic) bond motifs is 2. The number of thioether (sulfide) groups is 1. The molecule has 0 spiro atoms. The van der Waals surface area contributed by atoms with Crippen LogP contribution in [0.15, 0.2) is 76.6 Å². The predicted molar refractivity (Wildman–Crippen MR) is 167 cm³/mol. The minimum absolute atomic E-state index is 0.231. The molecule has 3 aromatic carbocycles. The maximum Gasteiger partial charge on any atom is 0.308 e. The molecule has 4 aromatic rings. The Bertz CT molecular complexity index is 1800. The highest BCUT2D eigenvalue weighted by atomic mass is 32.2. The van der Waals surface area contributed by atoms with E-state index in [-0.39, 0.29) is 29.1 Å². The number of carbonyl (C=O) groups excluding carboxylic acids is 3. The van der Waals surface area contributed by atoms with Crippen LogP contribution >= 0.6 is 23.1 Å². The van der Waals surface area contributed by atoms with Gasteiger partial charge in [0.25, 0.3) is 0 Å². The van der Waals surface area contributed by atoms with E-state index < -0.39 is 17.1 Å². The minimum Gasteiger partial charge on any atom is -0.493 e.